The first kappa shape index (κ1) is 12.8. The van der Waals surface area contributed by atoms with E-state index in [0.717, 1.165) is 16.9 Å². The van der Waals surface area contributed by atoms with Gasteiger partial charge in [-0.15, -0.1) is 0 Å². The average molecular weight is 288 g/mol. The lowest BCUT2D eigenvalue weighted by Crippen LogP contribution is -1.95. The molecule has 22 heavy (non-hydrogen) atoms. The van der Waals surface area contributed by atoms with Crippen molar-refractivity contribution in [3.8, 4) is 16.9 Å². The maximum Gasteiger partial charge on any atom is 0.140 e. The maximum absolute atomic E-state index is 4.63. The van der Waals surface area contributed by atoms with Gasteiger partial charge in [0.1, 0.15) is 5.65 Å². The summed E-state index contributed by atoms with van der Waals surface area (Å²) in [5.74, 6) is 0. The number of benzene rings is 1. The van der Waals surface area contributed by atoms with E-state index in [1.165, 1.54) is 16.8 Å². The first-order chi connectivity index (χ1) is 10.7. The van der Waals surface area contributed by atoms with E-state index in [0.29, 0.717) is 0 Å². The molecule has 0 saturated heterocycles. The third-order valence-corrected chi connectivity index (χ3v) is 3.89. The van der Waals surface area contributed by atoms with Crippen molar-refractivity contribution in [1.29, 1.82) is 0 Å². The molecule has 4 rings (SSSR count). The van der Waals surface area contributed by atoms with Crippen molar-refractivity contribution in [1.82, 2.24) is 19.2 Å². The molecule has 0 aliphatic carbocycles. The predicted octanol–water partition coefficient (Wildman–Crippen LogP) is 3.80. The molecule has 0 saturated carbocycles. The Labute approximate surface area is 128 Å². The summed E-state index contributed by atoms with van der Waals surface area (Å²) in [7, 11) is 0. The summed E-state index contributed by atoms with van der Waals surface area (Å²) < 4.78 is 4.07. The summed E-state index contributed by atoms with van der Waals surface area (Å²) in [6, 6.07) is 12.5. The van der Waals surface area contributed by atoms with Gasteiger partial charge in [0.2, 0.25) is 0 Å². The highest BCUT2D eigenvalue weighted by molar-refractivity contribution is 5.65. The molecule has 0 amide bonds. The van der Waals surface area contributed by atoms with Crippen molar-refractivity contribution in [3.05, 3.63) is 72.3 Å². The van der Waals surface area contributed by atoms with E-state index >= 15 is 0 Å². The molecule has 0 N–H and O–H groups in total. The molecule has 0 spiro atoms. The Morgan fingerprint density at radius 3 is 2.68 bits per heavy atom. The van der Waals surface area contributed by atoms with Crippen molar-refractivity contribution in [2.24, 2.45) is 0 Å². The number of fused-ring (bicyclic) bond motifs is 1. The Kier molecular flexibility index (Phi) is 2.82. The third-order valence-electron chi connectivity index (χ3n) is 3.89. The fourth-order valence-corrected chi connectivity index (χ4v) is 2.82. The first-order valence-corrected chi connectivity index (χ1v) is 7.27. The standard InChI is InChI=1S/C18H16N4/c1-13-5-6-17(14(2)10-13)21-8-9-22-18(21)11-16(20-22)15-4-3-7-19-12-15/h3-12H,1-2H3. The second-order valence-corrected chi connectivity index (χ2v) is 5.53. The van der Waals surface area contributed by atoms with Crippen LogP contribution in [0.4, 0.5) is 0 Å². The number of imidazole rings is 1. The normalized spacial score (nSPS) is 11.2. The molecule has 4 nitrogen and oxygen atoms in total. The number of aromatic nitrogens is 4. The molecular weight excluding hydrogens is 272 g/mol. The van der Waals surface area contributed by atoms with E-state index in [1.807, 2.05) is 35.2 Å². The van der Waals surface area contributed by atoms with Crippen molar-refractivity contribution in [3.63, 3.8) is 0 Å². The largest absolute Gasteiger partial charge is 0.300 e. The van der Waals surface area contributed by atoms with Crippen LogP contribution in [0.1, 0.15) is 11.1 Å². The number of hydrogen-bond donors (Lipinski definition) is 0. The van der Waals surface area contributed by atoms with Gasteiger partial charge >= 0.3 is 0 Å². The summed E-state index contributed by atoms with van der Waals surface area (Å²) in [5, 5.41) is 4.63. The SMILES string of the molecule is Cc1ccc(-n2ccn3nc(-c4cccnc4)cc23)c(C)c1. The van der Waals surface area contributed by atoms with Gasteiger partial charge in [-0.25, -0.2) is 4.52 Å². The van der Waals surface area contributed by atoms with Gasteiger partial charge in [0.15, 0.2) is 0 Å². The summed E-state index contributed by atoms with van der Waals surface area (Å²) in [6.07, 6.45) is 7.64. The van der Waals surface area contributed by atoms with Crippen LogP contribution in [0.25, 0.3) is 22.6 Å². The van der Waals surface area contributed by atoms with E-state index in [-0.39, 0.29) is 0 Å². The first-order valence-electron chi connectivity index (χ1n) is 7.27. The van der Waals surface area contributed by atoms with Crippen LogP contribution < -0.4 is 0 Å². The summed E-state index contributed by atoms with van der Waals surface area (Å²) in [4.78, 5) is 4.16. The fraction of sp³-hybridized carbons (Fsp3) is 0.111. The monoisotopic (exact) mass is 288 g/mol. The Morgan fingerprint density at radius 1 is 1.00 bits per heavy atom. The van der Waals surface area contributed by atoms with Crippen LogP contribution in [0.15, 0.2) is 61.2 Å². The smallest absolute Gasteiger partial charge is 0.140 e. The minimum atomic E-state index is 0.933. The van der Waals surface area contributed by atoms with E-state index in [4.69, 9.17) is 0 Å². The number of rotatable bonds is 2. The van der Waals surface area contributed by atoms with Crippen LogP contribution in [0.2, 0.25) is 0 Å². The van der Waals surface area contributed by atoms with Crippen molar-refractivity contribution >= 4 is 5.65 Å². The molecular formula is C18H16N4. The van der Waals surface area contributed by atoms with Crippen molar-refractivity contribution < 1.29 is 0 Å². The lowest BCUT2D eigenvalue weighted by molar-refractivity contribution is 0.967. The predicted molar refractivity (Wildman–Crippen MR) is 87.2 cm³/mol. The molecule has 4 heteroatoms. The second-order valence-electron chi connectivity index (χ2n) is 5.53. The minimum absolute atomic E-state index is 0.933. The molecule has 0 bridgehead atoms. The van der Waals surface area contributed by atoms with Gasteiger partial charge in [0.25, 0.3) is 0 Å². The van der Waals surface area contributed by atoms with Crippen LogP contribution in [0, 0.1) is 13.8 Å². The molecule has 0 fully saturated rings. The molecule has 4 aromatic rings. The molecule has 0 unspecified atom stereocenters. The van der Waals surface area contributed by atoms with Gasteiger partial charge in [0, 0.05) is 42.1 Å². The Balaban J connectivity index is 1.88. The maximum atomic E-state index is 4.63. The summed E-state index contributed by atoms with van der Waals surface area (Å²) >= 11 is 0. The molecule has 108 valence electrons. The molecule has 1 aromatic carbocycles. The van der Waals surface area contributed by atoms with Crippen molar-refractivity contribution in [2.45, 2.75) is 13.8 Å². The number of nitrogens with zero attached hydrogens (tertiary/aromatic N) is 4. The fourth-order valence-electron chi connectivity index (χ4n) is 2.82. The van der Waals surface area contributed by atoms with Gasteiger partial charge in [-0.05, 0) is 37.6 Å². The number of hydrogen-bond acceptors (Lipinski definition) is 2. The van der Waals surface area contributed by atoms with Crippen molar-refractivity contribution in [2.75, 3.05) is 0 Å². The van der Waals surface area contributed by atoms with Crippen LogP contribution in [0.3, 0.4) is 0 Å². The minimum Gasteiger partial charge on any atom is -0.300 e. The Bertz CT molecular complexity index is 948. The highest BCUT2D eigenvalue weighted by atomic mass is 15.3. The van der Waals surface area contributed by atoms with Gasteiger partial charge in [-0.3, -0.25) is 9.55 Å². The number of pyridine rings is 1. The molecule has 3 aromatic heterocycles. The quantitative estimate of drug-likeness (QED) is 0.562. The molecule has 0 aliphatic rings. The average Bonchev–Trinajstić information content (AvgIpc) is 3.09. The van der Waals surface area contributed by atoms with E-state index in [9.17, 15) is 0 Å². The zero-order valence-electron chi connectivity index (χ0n) is 12.6. The molecule has 0 atom stereocenters. The van der Waals surface area contributed by atoms with E-state index in [1.54, 1.807) is 6.20 Å². The number of aryl methyl sites for hydroxylation is 2. The van der Waals surface area contributed by atoms with Crippen LogP contribution in [-0.4, -0.2) is 19.2 Å². The van der Waals surface area contributed by atoms with E-state index < -0.39 is 0 Å². The van der Waals surface area contributed by atoms with E-state index in [2.05, 4.69) is 52.8 Å². The Morgan fingerprint density at radius 2 is 1.91 bits per heavy atom. The van der Waals surface area contributed by atoms with Gasteiger partial charge in [-0.2, -0.15) is 5.10 Å². The Hall–Kier alpha value is -2.88. The van der Waals surface area contributed by atoms with Crippen LogP contribution in [0.5, 0.6) is 0 Å². The van der Waals surface area contributed by atoms with Crippen LogP contribution in [-0.2, 0) is 0 Å². The summed E-state index contributed by atoms with van der Waals surface area (Å²) in [5.41, 5.74) is 6.71. The molecule has 0 aliphatic heterocycles. The highest BCUT2D eigenvalue weighted by Crippen LogP contribution is 2.23. The third kappa shape index (κ3) is 2.00. The lowest BCUT2D eigenvalue weighted by Gasteiger charge is -2.08. The zero-order valence-corrected chi connectivity index (χ0v) is 12.6. The highest BCUT2D eigenvalue weighted by Gasteiger charge is 2.10. The topological polar surface area (TPSA) is 35.1 Å². The van der Waals surface area contributed by atoms with Gasteiger partial charge in [0.05, 0.1) is 5.69 Å². The van der Waals surface area contributed by atoms with Crippen LogP contribution >= 0.6 is 0 Å². The van der Waals surface area contributed by atoms with Gasteiger partial charge < -0.3 is 0 Å². The lowest BCUT2D eigenvalue weighted by atomic mass is 10.1. The second kappa shape index (κ2) is 4.84. The molecule has 3 heterocycles. The zero-order chi connectivity index (χ0) is 15.1. The van der Waals surface area contributed by atoms with Gasteiger partial charge in [-0.1, -0.05) is 17.7 Å². The molecule has 0 radical (unpaired) electrons. The summed E-state index contributed by atoms with van der Waals surface area (Å²) in [6.45, 7) is 4.25.